The molecule has 5 nitrogen and oxygen atoms in total. The van der Waals surface area contributed by atoms with Crippen LogP contribution in [0, 0.1) is 0 Å². The van der Waals surface area contributed by atoms with Gasteiger partial charge in [0.1, 0.15) is 6.04 Å². The highest BCUT2D eigenvalue weighted by atomic mass is 16.5. The molecule has 0 saturated carbocycles. The number of para-hydroxylation sites is 2. The second-order valence-electron chi connectivity index (χ2n) is 5.39. The van der Waals surface area contributed by atoms with Crippen LogP contribution >= 0.6 is 0 Å². The lowest BCUT2D eigenvalue weighted by Crippen LogP contribution is -2.50. The zero-order valence-corrected chi connectivity index (χ0v) is 13.1. The number of nitrogens with zero attached hydrogens (tertiary/aromatic N) is 2. The monoisotopic (exact) mass is 291 g/mol. The van der Waals surface area contributed by atoms with Gasteiger partial charge in [-0.25, -0.2) is 0 Å². The SMILES string of the molecule is CCCNC(CN1CCN(C)c2ccccc21)C(=O)OC. The van der Waals surface area contributed by atoms with Crippen LogP contribution in [0.4, 0.5) is 11.4 Å². The van der Waals surface area contributed by atoms with Crippen LogP contribution in [0.25, 0.3) is 0 Å². The Balaban J connectivity index is 2.14. The lowest BCUT2D eigenvalue weighted by molar-refractivity contribution is -0.142. The predicted molar refractivity (Wildman–Crippen MR) is 86.0 cm³/mol. The number of carbonyl (C=O) groups is 1. The van der Waals surface area contributed by atoms with Crippen LogP contribution in [0.5, 0.6) is 0 Å². The summed E-state index contributed by atoms with van der Waals surface area (Å²) in [5.74, 6) is -0.195. The smallest absolute Gasteiger partial charge is 0.324 e. The molecule has 1 N–H and O–H groups in total. The third-order valence-electron chi connectivity index (χ3n) is 3.87. The van der Waals surface area contributed by atoms with Crippen molar-refractivity contribution in [2.45, 2.75) is 19.4 Å². The topological polar surface area (TPSA) is 44.8 Å². The standard InChI is InChI=1S/C16H25N3O2/c1-4-9-17-13(16(20)21-3)12-19-11-10-18(2)14-7-5-6-8-15(14)19/h5-8,13,17H,4,9-12H2,1-3H3. The number of nitrogens with one attached hydrogen (secondary N) is 1. The lowest BCUT2D eigenvalue weighted by atomic mass is 10.1. The van der Waals surface area contributed by atoms with Gasteiger partial charge in [0.05, 0.1) is 18.5 Å². The molecule has 0 bridgehead atoms. The molecule has 1 aliphatic heterocycles. The molecule has 0 aliphatic carbocycles. The molecular formula is C16H25N3O2. The summed E-state index contributed by atoms with van der Waals surface area (Å²) in [6.07, 6.45) is 0.993. The number of methoxy groups -OCH3 is 1. The van der Waals surface area contributed by atoms with Crippen LogP contribution in [-0.4, -0.2) is 52.3 Å². The molecule has 21 heavy (non-hydrogen) atoms. The number of hydrogen-bond acceptors (Lipinski definition) is 5. The van der Waals surface area contributed by atoms with E-state index in [0.29, 0.717) is 6.54 Å². The Labute approximate surface area is 126 Å². The van der Waals surface area contributed by atoms with Crippen molar-refractivity contribution in [2.24, 2.45) is 0 Å². The Kier molecular flexibility index (Phi) is 5.44. The molecule has 1 aliphatic rings. The van der Waals surface area contributed by atoms with Gasteiger partial charge in [-0.15, -0.1) is 0 Å². The number of carbonyl (C=O) groups excluding carboxylic acids is 1. The zero-order chi connectivity index (χ0) is 15.2. The minimum atomic E-state index is -0.286. The van der Waals surface area contributed by atoms with Crippen LogP contribution in [-0.2, 0) is 9.53 Å². The molecule has 1 aromatic rings. The van der Waals surface area contributed by atoms with E-state index < -0.39 is 0 Å². The van der Waals surface area contributed by atoms with Crippen molar-refractivity contribution >= 4 is 17.3 Å². The van der Waals surface area contributed by atoms with Gasteiger partial charge in [-0.1, -0.05) is 19.1 Å². The molecule has 116 valence electrons. The molecule has 1 heterocycles. The Morgan fingerprint density at radius 2 is 2.05 bits per heavy atom. The fourth-order valence-electron chi connectivity index (χ4n) is 2.66. The number of benzene rings is 1. The van der Waals surface area contributed by atoms with Crippen molar-refractivity contribution in [1.82, 2.24) is 5.32 Å². The average molecular weight is 291 g/mol. The lowest BCUT2D eigenvalue weighted by Gasteiger charge is -2.38. The van der Waals surface area contributed by atoms with Gasteiger partial charge in [0, 0.05) is 26.7 Å². The van der Waals surface area contributed by atoms with E-state index in [4.69, 9.17) is 4.74 Å². The normalized spacial score (nSPS) is 15.6. The van der Waals surface area contributed by atoms with Gasteiger partial charge in [-0.3, -0.25) is 4.79 Å². The molecule has 2 rings (SSSR count). The molecule has 0 radical (unpaired) electrons. The van der Waals surface area contributed by atoms with Crippen molar-refractivity contribution in [1.29, 1.82) is 0 Å². The second-order valence-corrected chi connectivity index (χ2v) is 5.39. The largest absolute Gasteiger partial charge is 0.468 e. The highest BCUT2D eigenvalue weighted by Gasteiger charge is 2.26. The number of anilines is 2. The first-order valence-corrected chi connectivity index (χ1v) is 7.53. The van der Waals surface area contributed by atoms with Gasteiger partial charge in [-0.2, -0.15) is 0 Å². The molecule has 1 aromatic carbocycles. The zero-order valence-electron chi connectivity index (χ0n) is 13.1. The Hall–Kier alpha value is -1.75. The maximum absolute atomic E-state index is 11.9. The minimum absolute atomic E-state index is 0.195. The summed E-state index contributed by atoms with van der Waals surface area (Å²) >= 11 is 0. The van der Waals surface area contributed by atoms with E-state index >= 15 is 0 Å². The van der Waals surface area contributed by atoms with E-state index in [1.165, 1.54) is 18.5 Å². The molecule has 1 atom stereocenters. The average Bonchev–Trinajstić information content (AvgIpc) is 2.53. The number of esters is 1. The van der Waals surface area contributed by atoms with Gasteiger partial charge in [0.25, 0.3) is 0 Å². The van der Waals surface area contributed by atoms with E-state index in [0.717, 1.165) is 26.1 Å². The maximum atomic E-state index is 11.9. The fourth-order valence-corrected chi connectivity index (χ4v) is 2.66. The van der Waals surface area contributed by atoms with E-state index in [1.54, 1.807) is 0 Å². The molecule has 0 aromatic heterocycles. The van der Waals surface area contributed by atoms with Crippen LogP contribution < -0.4 is 15.1 Å². The van der Waals surface area contributed by atoms with Crippen molar-refractivity contribution < 1.29 is 9.53 Å². The summed E-state index contributed by atoms with van der Waals surface area (Å²) in [6.45, 7) is 5.41. The first kappa shape index (κ1) is 15.6. The van der Waals surface area contributed by atoms with E-state index in [2.05, 4.69) is 41.2 Å². The third-order valence-corrected chi connectivity index (χ3v) is 3.87. The second kappa shape index (κ2) is 7.31. The first-order valence-electron chi connectivity index (χ1n) is 7.53. The molecule has 1 unspecified atom stereocenters. The number of likely N-dealkylation sites (N-methyl/N-ethyl adjacent to an activating group) is 1. The molecule has 0 amide bonds. The quantitative estimate of drug-likeness (QED) is 0.805. The summed E-state index contributed by atoms with van der Waals surface area (Å²) in [4.78, 5) is 16.5. The summed E-state index contributed by atoms with van der Waals surface area (Å²) < 4.78 is 4.92. The van der Waals surface area contributed by atoms with E-state index in [-0.39, 0.29) is 12.0 Å². The minimum Gasteiger partial charge on any atom is -0.468 e. The van der Waals surface area contributed by atoms with E-state index in [9.17, 15) is 4.79 Å². The van der Waals surface area contributed by atoms with E-state index in [1.807, 2.05) is 12.1 Å². The van der Waals surface area contributed by atoms with Crippen LogP contribution in [0.2, 0.25) is 0 Å². The Morgan fingerprint density at radius 1 is 1.33 bits per heavy atom. The fraction of sp³-hybridized carbons (Fsp3) is 0.562. The number of fused-ring (bicyclic) bond motifs is 1. The number of hydrogen-bond donors (Lipinski definition) is 1. The first-order chi connectivity index (χ1) is 10.2. The van der Waals surface area contributed by atoms with Gasteiger partial charge in [0.15, 0.2) is 0 Å². The Bertz CT molecular complexity index is 478. The predicted octanol–water partition coefficient (Wildman–Crippen LogP) is 1.48. The van der Waals surface area contributed by atoms with Gasteiger partial charge >= 0.3 is 5.97 Å². The molecule has 0 spiro atoms. The molecule has 5 heteroatoms. The summed E-state index contributed by atoms with van der Waals surface area (Å²) in [7, 11) is 3.55. The summed E-state index contributed by atoms with van der Waals surface area (Å²) in [5, 5.41) is 3.28. The van der Waals surface area contributed by atoms with Crippen molar-refractivity contribution in [2.75, 3.05) is 50.1 Å². The molecule has 0 saturated heterocycles. The number of rotatable bonds is 6. The van der Waals surface area contributed by atoms with Crippen LogP contribution in [0.1, 0.15) is 13.3 Å². The number of ether oxygens (including phenoxy) is 1. The van der Waals surface area contributed by atoms with Crippen molar-refractivity contribution in [3.05, 3.63) is 24.3 Å². The molecule has 0 fully saturated rings. The van der Waals surface area contributed by atoms with Crippen LogP contribution in [0.15, 0.2) is 24.3 Å². The van der Waals surface area contributed by atoms with Crippen molar-refractivity contribution in [3.63, 3.8) is 0 Å². The van der Waals surface area contributed by atoms with Gasteiger partial charge in [-0.05, 0) is 25.1 Å². The highest BCUT2D eigenvalue weighted by Crippen LogP contribution is 2.31. The Morgan fingerprint density at radius 3 is 2.71 bits per heavy atom. The summed E-state index contributed by atoms with van der Waals surface area (Å²) in [5.41, 5.74) is 2.39. The maximum Gasteiger partial charge on any atom is 0.324 e. The van der Waals surface area contributed by atoms with Crippen LogP contribution in [0.3, 0.4) is 0 Å². The highest BCUT2D eigenvalue weighted by molar-refractivity contribution is 5.78. The summed E-state index contributed by atoms with van der Waals surface area (Å²) in [6, 6.07) is 8.03. The van der Waals surface area contributed by atoms with Gasteiger partial charge in [0.2, 0.25) is 0 Å². The van der Waals surface area contributed by atoms with Crippen molar-refractivity contribution in [3.8, 4) is 0 Å². The third kappa shape index (κ3) is 3.67. The van der Waals surface area contributed by atoms with Gasteiger partial charge < -0.3 is 19.9 Å². The molecular weight excluding hydrogens is 266 g/mol.